The molecule has 0 aliphatic carbocycles. The summed E-state index contributed by atoms with van der Waals surface area (Å²) < 4.78 is 38.6. The van der Waals surface area contributed by atoms with Crippen LogP contribution in [0.5, 0.6) is 0 Å². The number of aromatic nitrogens is 1. The maximum Gasteiger partial charge on any atom is 0.433 e. The number of nitrogens with zero attached hydrogens (tertiary/aromatic N) is 4. The number of carbonyl (C=O) groups is 1. The Morgan fingerprint density at radius 1 is 1.03 bits per heavy atom. The van der Waals surface area contributed by atoms with E-state index < -0.39 is 11.9 Å². The first-order valence-electron chi connectivity index (χ1n) is 12.1. The number of halogens is 4. The van der Waals surface area contributed by atoms with Crippen molar-refractivity contribution in [2.24, 2.45) is 0 Å². The summed E-state index contributed by atoms with van der Waals surface area (Å²) in [6.45, 7) is 5.73. The molecule has 0 spiro atoms. The van der Waals surface area contributed by atoms with E-state index >= 15 is 0 Å². The lowest BCUT2D eigenvalue weighted by Gasteiger charge is -2.33. The van der Waals surface area contributed by atoms with Crippen LogP contribution in [0, 0.1) is 0 Å². The van der Waals surface area contributed by atoms with Crippen molar-refractivity contribution in [2.45, 2.75) is 45.3 Å². The third-order valence-corrected chi connectivity index (χ3v) is 6.94. The number of piperidine rings is 1. The van der Waals surface area contributed by atoms with Crippen molar-refractivity contribution in [1.82, 2.24) is 14.8 Å². The second kappa shape index (κ2) is 12.6. The van der Waals surface area contributed by atoms with Crippen LogP contribution in [0.25, 0.3) is 0 Å². The van der Waals surface area contributed by atoms with Gasteiger partial charge >= 0.3 is 6.18 Å². The smallest absolute Gasteiger partial charge is 0.382 e. The van der Waals surface area contributed by atoms with Crippen LogP contribution in [0.1, 0.15) is 38.8 Å². The number of benzene rings is 1. The van der Waals surface area contributed by atoms with E-state index in [1.54, 1.807) is 6.07 Å². The van der Waals surface area contributed by atoms with Gasteiger partial charge in [-0.05, 0) is 62.2 Å². The quantitative estimate of drug-likeness (QED) is 0.547. The molecule has 10 heteroatoms. The van der Waals surface area contributed by atoms with Gasteiger partial charge in [-0.1, -0.05) is 19.0 Å². The first-order chi connectivity index (χ1) is 16.8. The number of anilines is 2. The molecule has 3 heterocycles. The van der Waals surface area contributed by atoms with Gasteiger partial charge < -0.3 is 20.0 Å². The van der Waals surface area contributed by atoms with E-state index in [0.29, 0.717) is 38.0 Å². The summed E-state index contributed by atoms with van der Waals surface area (Å²) in [7, 11) is 0. The number of rotatable bonds is 6. The van der Waals surface area contributed by atoms with E-state index in [9.17, 15) is 18.0 Å². The van der Waals surface area contributed by atoms with Crippen molar-refractivity contribution < 1.29 is 18.0 Å². The molecule has 1 aromatic heterocycles. The summed E-state index contributed by atoms with van der Waals surface area (Å²) >= 11 is 6.00. The summed E-state index contributed by atoms with van der Waals surface area (Å²) in [5.41, 5.74) is 0.677. The predicted molar refractivity (Wildman–Crippen MR) is 139 cm³/mol. The molecule has 2 aliphatic rings. The Morgan fingerprint density at radius 2 is 1.75 bits per heavy atom. The van der Waals surface area contributed by atoms with Gasteiger partial charge in [-0.2, -0.15) is 13.2 Å². The van der Waals surface area contributed by atoms with Gasteiger partial charge in [-0.3, -0.25) is 9.78 Å². The van der Waals surface area contributed by atoms with E-state index in [1.807, 2.05) is 29.2 Å². The number of hydrogen-bond donors (Lipinski definition) is 1. The number of hydrogen-bond acceptors (Lipinski definition) is 5. The van der Waals surface area contributed by atoms with Gasteiger partial charge in [0.1, 0.15) is 5.69 Å². The van der Waals surface area contributed by atoms with Crippen LogP contribution in [0.2, 0.25) is 5.02 Å². The average Bonchev–Trinajstić information content (AvgIpc) is 3.09. The molecule has 2 fully saturated rings. The van der Waals surface area contributed by atoms with Crippen molar-refractivity contribution in [2.75, 3.05) is 56.0 Å². The molecule has 6 nitrogen and oxygen atoms in total. The molecule has 0 unspecified atom stereocenters. The highest BCUT2D eigenvalue weighted by Gasteiger charge is 2.32. The molecule has 2 aliphatic heterocycles. The topological polar surface area (TPSA) is 51.7 Å². The fourth-order valence-electron chi connectivity index (χ4n) is 4.70. The third kappa shape index (κ3) is 7.74. The summed E-state index contributed by atoms with van der Waals surface area (Å²) in [5, 5.41) is 3.90. The molecule has 0 saturated carbocycles. The Balaban J connectivity index is 0.00000361. The lowest BCUT2D eigenvalue weighted by molar-refractivity contribution is -0.141. The molecule has 36 heavy (non-hydrogen) atoms. The molecule has 2 aromatic rings. The lowest BCUT2D eigenvalue weighted by atomic mass is 10.0. The number of nitrogens with one attached hydrogen (secondary N) is 1. The predicted octanol–water partition coefficient (Wildman–Crippen LogP) is 5.40. The van der Waals surface area contributed by atoms with Gasteiger partial charge in [-0.15, -0.1) is 0 Å². The highest BCUT2D eigenvalue weighted by Crippen LogP contribution is 2.29. The van der Waals surface area contributed by atoms with Crippen LogP contribution in [0.3, 0.4) is 0 Å². The number of amides is 1. The number of carbonyl (C=O) groups excluding carboxylic acids is 1. The van der Waals surface area contributed by atoms with Gasteiger partial charge in [0.2, 0.25) is 5.91 Å². The Kier molecular flexibility index (Phi) is 9.84. The van der Waals surface area contributed by atoms with Crippen molar-refractivity contribution in [3.63, 3.8) is 0 Å². The summed E-state index contributed by atoms with van der Waals surface area (Å²) in [6.07, 6.45) is -0.363. The number of alkyl halides is 3. The Labute approximate surface area is 216 Å². The fraction of sp³-hybridized carbons (Fsp3) is 0.538. The van der Waals surface area contributed by atoms with Gasteiger partial charge in [-0.25, -0.2) is 0 Å². The van der Waals surface area contributed by atoms with Crippen LogP contribution < -0.4 is 10.2 Å². The largest absolute Gasteiger partial charge is 0.433 e. The second-order valence-corrected chi connectivity index (χ2v) is 9.57. The van der Waals surface area contributed by atoms with E-state index in [-0.39, 0.29) is 19.4 Å². The summed E-state index contributed by atoms with van der Waals surface area (Å²) in [5.74, 6) is 0.144. The zero-order valence-electron chi connectivity index (χ0n) is 19.6. The van der Waals surface area contributed by atoms with E-state index in [4.69, 9.17) is 11.6 Å². The molecule has 1 aromatic carbocycles. The maximum atomic E-state index is 12.9. The standard InChI is InChI=1S/C25H31ClF3N5O.CH4/c26-19-2-4-22(5-3-19)33-12-1-11-32(16-17-33)13-9-24(35)34-14-7-20(8-15-34)31-21-6-10-30-23(18-21)25(27,28)29;/h2-6,10,18,20H,1,7-9,11-17H2,(H,30,31);1H4. The molecular weight excluding hydrogens is 491 g/mol. The normalized spacial score (nSPS) is 17.9. The molecule has 2 saturated heterocycles. The lowest BCUT2D eigenvalue weighted by Crippen LogP contribution is -2.43. The van der Waals surface area contributed by atoms with Gasteiger partial charge in [0, 0.05) is 74.3 Å². The van der Waals surface area contributed by atoms with E-state index in [1.165, 1.54) is 11.9 Å². The van der Waals surface area contributed by atoms with Gasteiger partial charge in [0.05, 0.1) is 0 Å². The molecule has 0 bridgehead atoms. The molecular formula is C26H35ClF3N5O. The van der Waals surface area contributed by atoms with Crippen LogP contribution in [-0.2, 0) is 11.0 Å². The fourth-order valence-corrected chi connectivity index (χ4v) is 4.83. The van der Waals surface area contributed by atoms with E-state index in [0.717, 1.165) is 50.2 Å². The van der Waals surface area contributed by atoms with Crippen molar-refractivity contribution in [3.8, 4) is 0 Å². The van der Waals surface area contributed by atoms with Crippen LogP contribution in [0.15, 0.2) is 42.6 Å². The van der Waals surface area contributed by atoms with Crippen LogP contribution in [-0.4, -0.2) is 72.5 Å². The minimum Gasteiger partial charge on any atom is -0.382 e. The average molecular weight is 526 g/mol. The molecule has 1 amide bonds. The first kappa shape index (κ1) is 28.1. The molecule has 0 radical (unpaired) electrons. The van der Waals surface area contributed by atoms with Crippen molar-refractivity contribution in [3.05, 3.63) is 53.3 Å². The van der Waals surface area contributed by atoms with Gasteiger partial charge in [0.25, 0.3) is 0 Å². The number of pyridine rings is 1. The summed E-state index contributed by atoms with van der Waals surface area (Å²) in [4.78, 5) is 22.8. The molecule has 198 valence electrons. The van der Waals surface area contributed by atoms with Crippen LogP contribution >= 0.6 is 11.6 Å². The minimum absolute atomic E-state index is 0. The van der Waals surface area contributed by atoms with E-state index in [2.05, 4.69) is 20.1 Å². The number of likely N-dealkylation sites (tertiary alicyclic amines) is 1. The SMILES string of the molecule is C.O=C(CCN1CCCN(c2ccc(Cl)cc2)CC1)N1CCC(Nc2ccnc(C(F)(F)F)c2)CC1. The molecule has 4 rings (SSSR count). The molecule has 1 N–H and O–H groups in total. The molecule has 0 atom stereocenters. The highest BCUT2D eigenvalue weighted by molar-refractivity contribution is 6.30. The third-order valence-electron chi connectivity index (χ3n) is 6.69. The minimum atomic E-state index is -4.46. The Hall–Kier alpha value is -2.52. The first-order valence-corrected chi connectivity index (χ1v) is 12.5. The Bertz CT molecular complexity index is 980. The zero-order valence-corrected chi connectivity index (χ0v) is 20.4. The summed E-state index contributed by atoms with van der Waals surface area (Å²) in [6, 6.07) is 10.5. The zero-order chi connectivity index (χ0) is 24.8. The van der Waals surface area contributed by atoms with Crippen molar-refractivity contribution >= 4 is 28.9 Å². The highest BCUT2D eigenvalue weighted by atomic mass is 35.5. The second-order valence-electron chi connectivity index (χ2n) is 9.14. The van der Waals surface area contributed by atoms with Crippen LogP contribution in [0.4, 0.5) is 24.5 Å². The monoisotopic (exact) mass is 525 g/mol. The maximum absolute atomic E-state index is 12.9. The van der Waals surface area contributed by atoms with Crippen molar-refractivity contribution in [1.29, 1.82) is 0 Å². The Morgan fingerprint density at radius 3 is 2.44 bits per heavy atom. The van der Waals surface area contributed by atoms with Gasteiger partial charge in [0.15, 0.2) is 0 Å².